The number of halogens is 3. The van der Waals surface area contributed by atoms with E-state index in [0.29, 0.717) is 13.2 Å². The van der Waals surface area contributed by atoms with E-state index in [-0.39, 0.29) is 6.61 Å². The molecule has 0 amide bonds. The van der Waals surface area contributed by atoms with Crippen LogP contribution in [0, 0.1) is 0 Å². The second kappa shape index (κ2) is 8.61. The molecule has 0 aromatic heterocycles. The second-order valence-corrected chi connectivity index (χ2v) is 2.85. The zero-order valence-electron chi connectivity index (χ0n) is 6.06. The zero-order valence-corrected chi connectivity index (χ0v) is 8.22. The van der Waals surface area contributed by atoms with E-state index in [2.05, 4.69) is 27.3 Å². The molecular formula is C6H11F2IO2. The lowest BCUT2D eigenvalue weighted by atomic mass is 10.7. The highest BCUT2D eigenvalue weighted by molar-refractivity contribution is 14.1. The van der Waals surface area contributed by atoms with Gasteiger partial charge in [0.2, 0.25) is 0 Å². The average molecular weight is 280 g/mol. The van der Waals surface area contributed by atoms with Gasteiger partial charge in [-0.15, -0.1) is 0 Å². The Morgan fingerprint density at radius 2 is 1.73 bits per heavy atom. The lowest BCUT2D eigenvalue weighted by Gasteiger charge is -2.03. The highest BCUT2D eigenvalue weighted by Crippen LogP contribution is 1.92. The van der Waals surface area contributed by atoms with Crippen molar-refractivity contribution >= 4 is 22.6 Å². The van der Waals surface area contributed by atoms with Crippen molar-refractivity contribution in [3.05, 3.63) is 0 Å². The molecule has 0 rings (SSSR count). The molecule has 0 aromatic carbocycles. The maximum absolute atomic E-state index is 11.4. The monoisotopic (exact) mass is 280 g/mol. The first-order chi connectivity index (χ1) is 5.27. The Bertz CT molecular complexity index is 83.0. The molecule has 0 bridgehead atoms. The number of hydrogen-bond acceptors (Lipinski definition) is 2. The molecule has 0 saturated heterocycles. The largest absolute Gasteiger partial charge is 0.378 e. The predicted octanol–water partition coefficient (Wildman–Crippen LogP) is 1.72. The number of rotatable bonds is 7. The van der Waals surface area contributed by atoms with Crippen LogP contribution in [0.2, 0.25) is 0 Å². The number of hydrogen-bond donors (Lipinski definition) is 0. The SMILES string of the molecule is FC(F)COCCOCCI. The third-order valence-corrected chi connectivity index (χ3v) is 1.28. The van der Waals surface area contributed by atoms with E-state index >= 15 is 0 Å². The summed E-state index contributed by atoms with van der Waals surface area (Å²) in [5, 5.41) is 0. The minimum absolute atomic E-state index is 0.251. The summed E-state index contributed by atoms with van der Waals surface area (Å²) in [5.41, 5.74) is 0. The van der Waals surface area contributed by atoms with E-state index in [0.717, 1.165) is 4.43 Å². The summed E-state index contributed by atoms with van der Waals surface area (Å²) in [6.07, 6.45) is -2.38. The molecule has 0 saturated carbocycles. The van der Waals surface area contributed by atoms with E-state index in [1.54, 1.807) is 0 Å². The Balaban J connectivity index is 2.80. The van der Waals surface area contributed by atoms with Gasteiger partial charge < -0.3 is 9.47 Å². The molecule has 0 spiro atoms. The van der Waals surface area contributed by atoms with Crippen molar-refractivity contribution in [3.63, 3.8) is 0 Å². The van der Waals surface area contributed by atoms with Crippen molar-refractivity contribution in [1.29, 1.82) is 0 Å². The van der Waals surface area contributed by atoms with Gasteiger partial charge in [0.05, 0.1) is 19.8 Å². The summed E-state index contributed by atoms with van der Waals surface area (Å²) in [7, 11) is 0. The molecule has 0 aliphatic rings. The van der Waals surface area contributed by atoms with Crippen LogP contribution in [0.25, 0.3) is 0 Å². The smallest absolute Gasteiger partial charge is 0.261 e. The van der Waals surface area contributed by atoms with Crippen molar-refractivity contribution in [2.45, 2.75) is 6.43 Å². The lowest BCUT2D eigenvalue weighted by molar-refractivity contribution is -0.00681. The van der Waals surface area contributed by atoms with Crippen LogP contribution < -0.4 is 0 Å². The Morgan fingerprint density at radius 1 is 1.09 bits per heavy atom. The molecular weight excluding hydrogens is 269 g/mol. The van der Waals surface area contributed by atoms with Gasteiger partial charge in [-0.1, -0.05) is 22.6 Å². The molecule has 2 nitrogen and oxygen atoms in total. The Labute approximate surface area is 78.4 Å². The highest BCUT2D eigenvalue weighted by Gasteiger charge is 2.00. The van der Waals surface area contributed by atoms with Crippen LogP contribution >= 0.6 is 22.6 Å². The van der Waals surface area contributed by atoms with E-state index < -0.39 is 13.0 Å². The first kappa shape index (κ1) is 11.5. The van der Waals surface area contributed by atoms with Gasteiger partial charge in [-0.3, -0.25) is 0 Å². The van der Waals surface area contributed by atoms with E-state index in [4.69, 9.17) is 4.74 Å². The molecule has 0 heterocycles. The fourth-order valence-corrected chi connectivity index (χ4v) is 0.758. The molecule has 0 unspecified atom stereocenters. The van der Waals surface area contributed by atoms with Gasteiger partial charge >= 0.3 is 0 Å². The Morgan fingerprint density at radius 3 is 2.27 bits per heavy atom. The number of alkyl halides is 3. The average Bonchev–Trinajstić information content (AvgIpc) is 1.96. The Hall–Kier alpha value is 0.510. The Kier molecular flexibility index (Phi) is 9.00. The van der Waals surface area contributed by atoms with E-state index in [9.17, 15) is 8.78 Å². The van der Waals surface area contributed by atoms with Crippen LogP contribution in [-0.4, -0.2) is 37.3 Å². The van der Waals surface area contributed by atoms with Gasteiger partial charge in [-0.05, 0) is 0 Å². The molecule has 11 heavy (non-hydrogen) atoms. The van der Waals surface area contributed by atoms with Gasteiger partial charge in [-0.2, -0.15) is 0 Å². The minimum Gasteiger partial charge on any atom is -0.378 e. The maximum Gasteiger partial charge on any atom is 0.261 e. The quantitative estimate of drug-likeness (QED) is 0.401. The van der Waals surface area contributed by atoms with Gasteiger partial charge in [0.1, 0.15) is 6.61 Å². The topological polar surface area (TPSA) is 18.5 Å². The van der Waals surface area contributed by atoms with E-state index in [1.165, 1.54) is 0 Å². The summed E-state index contributed by atoms with van der Waals surface area (Å²) < 4.78 is 33.3. The molecule has 0 aromatic rings. The van der Waals surface area contributed by atoms with Gasteiger partial charge in [0.15, 0.2) is 0 Å². The lowest BCUT2D eigenvalue weighted by Crippen LogP contribution is -2.10. The summed E-state index contributed by atoms with van der Waals surface area (Å²) in [6, 6.07) is 0. The first-order valence-electron chi connectivity index (χ1n) is 3.27. The first-order valence-corrected chi connectivity index (χ1v) is 4.79. The van der Waals surface area contributed by atoms with Crippen LogP contribution in [0.15, 0.2) is 0 Å². The fraction of sp³-hybridized carbons (Fsp3) is 1.00. The van der Waals surface area contributed by atoms with Crippen LogP contribution in [0.4, 0.5) is 8.78 Å². The van der Waals surface area contributed by atoms with Crippen molar-refractivity contribution in [2.75, 3.05) is 30.9 Å². The van der Waals surface area contributed by atoms with Gasteiger partial charge in [0.25, 0.3) is 6.43 Å². The molecule has 0 radical (unpaired) electrons. The minimum atomic E-state index is -2.38. The number of ether oxygens (including phenoxy) is 2. The molecule has 0 atom stereocenters. The van der Waals surface area contributed by atoms with Crippen molar-refractivity contribution < 1.29 is 18.3 Å². The third-order valence-electron chi connectivity index (χ3n) is 0.837. The van der Waals surface area contributed by atoms with Crippen LogP contribution in [-0.2, 0) is 9.47 Å². The normalized spacial score (nSPS) is 10.9. The predicted molar refractivity (Wildman–Crippen MR) is 46.5 cm³/mol. The molecule has 0 fully saturated rings. The zero-order chi connectivity index (χ0) is 8.53. The standard InChI is InChI=1S/C6H11F2IO2/c7-6(8)5-11-4-3-10-2-1-9/h6H,1-5H2. The van der Waals surface area contributed by atoms with Gasteiger partial charge in [-0.25, -0.2) is 8.78 Å². The van der Waals surface area contributed by atoms with Crippen LogP contribution in [0.1, 0.15) is 0 Å². The van der Waals surface area contributed by atoms with Crippen molar-refractivity contribution in [3.8, 4) is 0 Å². The maximum atomic E-state index is 11.4. The van der Waals surface area contributed by atoms with Gasteiger partial charge in [0, 0.05) is 4.43 Å². The summed E-state index contributed by atoms with van der Waals surface area (Å²) in [6.45, 7) is 0.808. The summed E-state index contributed by atoms with van der Waals surface area (Å²) in [4.78, 5) is 0. The van der Waals surface area contributed by atoms with Crippen LogP contribution in [0.3, 0.4) is 0 Å². The summed E-state index contributed by atoms with van der Waals surface area (Å²) in [5.74, 6) is 0. The molecule has 5 heteroatoms. The van der Waals surface area contributed by atoms with Crippen molar-refractivity contribution in [1.82, 2.24) is 0 Å². The highest BCUT2D eigenvalue weighted by atomic mass is 127. The third kappa shape index (κ3) is 10.5. The van der Waals surface area contributed by atoms with Crippen LogP contribution in [0.5, 0.6) is 0 Å². The van der Waals surface area contributed by atoms with Crippen molar-refractivity contribution in [2.24, 2.45) is 0 Å². The molecule has 0 aliphatic heterocycles. The molecule has 68 valence electrons. The summed E-state index contributed by atoms with van der Waals surface area (Å²) >= 11 is 2.17. The second-order valence-electron chi connectivity index (χ2n) is 1.77. The fourth-order valence-electron chi connectivity index (χ4n) is 0.447. The molecule has 0 N–H and O–H groups in total. The molecule has 0 aliphatic carbocycles. The van der Waals surface area contributed by atoms with E-state index in [1.807, 2.05) is 0 Å².